The number of carbonyl (C=O) groups is 1. The topological polar surface area (TPSA) is 50.7 Å². The Morgan fingerprint density at radius 1 is 1.08 bits per heavy atom. The van der Waals surface area contributed by atoms with Crippen molar-refractivity contribution in [3.05, 3.63) is 76.3 Å². The van der Waals surface area contributed by atoms with Crippen LogP contribution in [-0.4, -0.2) is 18.2 Å². The van der Waals surface area contributed by atoms with Gasteiger partial charge in [0.15, 0.2) is 0 Å². The molecule has 0 aliphatic carbocycles. The number of hydrazone groups is 1. The summed E-state index contributed by atoms with van der Waals surface area (Å²) in [6, 6.07) is 19.1. The first kappa shape index (κ1) is 18.1. The highest BCUT2D eigenvalue weighted by atomic mass is 79.9. The van der Waals surface area contributed by atoms with Crippen LogP contribution in [0.5, 0.6) is 5.75 Å². The predicted molar refractivity (Wildman–Crippen MR) is 109 cm³/mol. The molecular weight excluding hydrogens is 392 g/mol. The van der Waals surface area contributed by atoms with E-state index in [9.17, 15) is 4.79 Å². The van der Waals surface area contributed by atoms with E-state index < -0.39 is 0 Å². The highest BCUT2D eigenvalue weighted by Gasteiger charge is 2.09. The van der Waals surface area contributed by atoms with Gasteiger partial charge in [0, 0.05) is 15.6 Å². The van der Waals surface area contributed by atoms with Gasteiger partial charge in [0.2, 0.25) is 0 Å². The largest absolute Gasteiger partial charge is 0.490 e. The molecular formula is C21H19BrN2O2. The Balaban J connectivity index is 1.87. The lowest BCUT2D eigenvalue weighted by Crippen LogP contribution is -2.17. The summed E-state index contributed by atoms with van der Waals surface area (Å²) < 4.78 is 6.82. The van der Waals surface area contributed by atoms with Crippen molar-refractivity contribution in [2.75, 3.05) is 0 Å². The smallest absolute Gasteiger partial charge is 0.271 e. The first-order chi connectivity index (χ1) is 12.5. The monoisotopic (exact) mass is 410 g/mol. The first-order valence-electron chi connectivity index (χ1n) is 8.32. The molecule has 3 aromatic rings. The number of hydrogen-bond acceptors (Lipinski definition) is 3. The number of nitrogens with one attached hydrogen (secondary N) is 1. The molecule has 3 rings (SSSR count). The summed E-state index contributed by atoms with van der Waals surface area (Å²) in [7, 11) is 0. The zero-order chi connectivity index (χ0) is 18.5. The Morgan fingerprint density at radius 3 is 2.54 bits per heavy atom. The van der Waals surface area contributed by atoms with E-state index in [1.54, 1.807) is 18.3 Å². The van der Waals surface area contributed by atoms with E-state index in [1.807, 2.05) is 62.4 Å². The van der Waals surface area contributed by atoms with Gasteiger partial charge in [0.25, 0.3) is 5.91 Å². The summed E-state index contributed by atoms with van der Waals surface area (Å²) >= 11 is 3.35. The summed E-state index contributed by atoms with van der Waals surface area (Å²) in [5, 5.41) is 6.25. The van der Waals surface area contributed by atoms with E-state index in [0.717, 1.165) is 26.6 Å². The van der Waals surface area contributed by atoms with Crippen molar-refractivity contribution in [1.82, 2.24) is 5.43 Å². The molecule has 0 bridgehead atoms. The van der Waals surface area contributed by atoms with Crippen LogP contribution in [0.3, 0.4) is 0 Å². The third-order valence-electron chi connectivity index (χ3n) is 3.76. The SMILES string of the molecule is CC(C)Oc1ccc2ccccc2c1/C=N\NC(=O)c1ccc(Br)cc1. The van der Waals surface area contributed by atoms with Crippen molar-refractivity contribution < 1.29 is 9.53 Å². The van der Waals surface area contributed by atoms with Gasteiger partial charge in [-0.05, 0) is 55.0 Å². The van der Waals surface area contributed by atoms with Crippen LogP contribution in [0.4, 0.5) is 0 Å². The van der Waals surface area contributed by atoms with Gasteiger partial charge in [0.05, 0.1) is 12.3 Å². The molecule has 1 amide bonds. The normalized spacial score (nSPS) is 11.2. The van der Waals surface area contributed by atoms with Gasteiger partial charge in [-0.1, -0.05) is 46.3 Å². The maximum absolute atomic E-state index is 12.2. The molecule has 0 aromatic heterocycles. The summed E-state index contributed by atoms with van der Waals surface area (Å²) in [5.41, 5.74) is 3.96. The maximum atomic E-state index is 12.2. The van der Waals surface area contributed by atoms with Gasteiger partial charge < -0.3 is 4.74 Å². The molecule has 0 unspecified atom stereocenters. The molecule has 0 fully saturated rings. The number of amides is 1. The van der Waals surface area contributed by atoms with Crippen molar-refractivity contribution >= 4 is 38.8 Å². The number of nitrogens with zero attached hydrogens (tertiary/aromatic N) is 1. The third-order valence-corrected chi connectivity index (χ3v) is 4.29. The fourth-order valence-corrected chi connectivity index (χ4v) is 2.85. The van der Waals surface area contributed by atoms with Crippen LogP contribution in [0.25, 0.3) is 10.8 Å². The molecule has 132 valence electrons. The zero-order valence-corrected chi connectivity index (χ0v) is 16.2. The lowest BCUT2D eigenvalue weighted by molar-refractivity contribution is 0.0955. The van der Waals surface area contributed by atoms with E-state index in [4.69, 9.17) is 4.74 Å². The van der Waals surface area contributed by atoms with Gasteiger partial charge >= 0.3 is 0 Å². The average molecular weight is 411 g/mol. The van der Waals surface area contributed by atoms with Crippen molar-refractivity contribution in [2.24, 2.45) is 5.10 Å². The predicted octanol–water partition coefficient (Wildman–Crippen LogP) is 5.15. The van der Waals surface area contributed by atoms with Crippen LogP contribution in [0.1, 0.15) is 29.8 Å². The Bertz CT molecular complexity index is 950. The van der Waals surface area contributed by atoms with E-state index in [2.05, 4.69) is 26.5 Å². The Morgan fingerprint density at radius 2 is 1.81 bits per heavy atom. The minimum atomic E-state index is -0.264. The van der Waals surface area contributed by atoms with Crippen LogP contribution < -0.4 is 10.2 Å². The molecule has 1 N–H and O–H groups in total. The summed E-state index contributed by atoms with van der Waals surface area (Å²) in [4.78, 5) is 12.2. The fourth-order valence-electron chi connectivity index (χ4n) is 2.59. The molecule has 0 saturated carbocycles. The van der Waals surface area contributed by atoms with Gasteiger partial charge in [-0.15, -0.1) is 0 Å². The molecule has 0 spiro atoms. The van der Waals surface area contributed by atoms with Gasteiger partial charge in [-0.2, -0.15) is 5.10 Å². The van der Waals surface area contributed by atoms with Crippen molar-refractivity contribution in [3.8, 4) is 5.75 Å². The molecule has 0 aliphatic rings. The van der Waals surface area contributed by atoms with E-state index in [1.165, 1.54) is 0 Å². The molecule has 0 aliphatic heterocycles. The third kappa shape index (κ3) is 4.29. The standard InChI is InChI=1S/C21H19BrN2O2/c1-14(2)26-20-12-9-15-5-3-4-6-18(15)19(20)13-23-24-21(25)16-7-10-17(22)11-8-16/h3-14H,1-2H3,(H,24,25)/b23-13-. The van der Waals surface area contributed by atoms with Gasteiger partial charge in [-0.3, -0.25) is 4.79 Å². The van der Waals surface area contributed by atoms with Crippen LogP contribution in [-0.2, 0) is 0 Å². The fraction of sp³-hybridized carbons (Fsp3) is 0.143. The number of ether oxygens (including phenoxy) is 1. The zero-order valence-electron chi connectivity index (χ0n) is 14.6. The second kappa shape index (κ2) is 8.15. The maximum Gasteiger partial charge on any atom is 0.271 e. The molecule has 4 nitrogen and oxygen atoms in total. The Hall–Kier alpha value is -2.66. The van der Waals surface area contributed by atoms with Gasteiger partial charge in [-0.25, -0.2) is 5.43 Å². The van der Waals surface area contributed by atoms with Crippen LogP contribution >= 0.6 is 15.9 Å². The molecule has 0 heterocycles. The summed E-state index contributed by atoms with van der Waals surface area (Å²) in [6.07, 6.45) is 1.68. The van der Waals surface area contributed by atoms with Crippen molar-refractivity contribution in [2.45, 2.75) is 20.0 Å². The van der Waals surface area contributed by atoms with Crippen LogP contribution in [0.2, 0.25) is 0 Å². The lowest BCUT2D eigenvalue weighted by atomic mass is 10.0. The van der Waals surface area contributed by atoms with Gasteiger partial charge in [0.1, 0.15) is 5.75 Å². The molecule has 3 aromatic carbocycles. The summed E-state index contributed by atoms with van der Waals surface area (Å²) in [5.74, 6) is 0.473. The number of hydrogen-bond donors (Lipinski definition) is 1. The van der Waals surface area contributed by atoms with Crippen molar-refractivity contribution in [3.63, 3.8) is 0 Å². The number of benzene rings is 3. The Labute approximate surface area is 161 Å². The highest BCUT2D eigenvalue weighted by Crippen LogP contribution is 2.27. The number of halogens is 1. The van der Waals surface area contributed by atoms with E-state index >= 15 is 0 Å². The molecule has 0 atom stereocenters. The van der Waals surface area contributed by atoms with E-state index in [-0.39, 0.29) is 12.0 Å². The minimum absolute atomic E-state index is 0.0423. The minimum Gasteiger partial charge on any atom is -0.490 e. The highest BCUT2D eigenvalue weighted by molar-refractivity contribution is 9.10. The lowest BCUT2D eigenvalue weighted by Gasteiger charge is -2.14. The second-order valence-electron chi connectivity index (χ2n) is 6.07. The molecule has 0 saturated heterocycles. The average Bonchev–Trinajstić information content (AvgIpc) is 2.63. The second-order valence-corrected chi connectivity index (χ2v) is 6.99. The number of fused-ring (bicyclic) bond motifs is 1. The van der Waals surface area contributed by atoms with Crippen LogP contribution in [0, 0.1) is 0 Å². The molecule has 26 heavy (non-hydrogen) atoms. The number of carbonyl (C=O) groups excluding carboxylic acids is 1. The quantitative estimate of drug-likeness (QED) is 0.466. The molecule has 5 heteroatoms. The molecule has 0 radical (unpaired) electrons. The summed E-state index contributed by atoms with van der Waals surface area (Å²) in [6.45, 7) is 3.96. The van der Waals surface area contributed by atoms with Crippen molar-refractivity contribution in [1.29, 1.82) is 0 Å². The Kier molecular flexibility index (Phi) is 5.68. The number of rotatable bonds is 5. The first-order valence-corrected chi connectivity index (χ1v) is 9.11. The van der Waals surface area contributed by atoms with E-state index in [0.29, 0.717) is 5.56 Å². The van der Waals surface area contributed by atoms with Crippen LogP contribution in [0.15, 0.2) is 70.2 Å².